The van der Waals surface area contributed by atoms with Crippen molar-refractivity contribution in [2.45, 2.75) is 13.8 Å². The maximum atomic E-state index is 13.8. The van der Waals surface area contributed by atoms with Crippen LogP contribution in [0.25, 0.3) is 16.9 Å². The zero-order chi connectivity index (χ0) is 48.4. The second kappa shape index (κ2) is 23.5. The number of imidazole rings is 3. The molecule has 0 radical (unpaired) electrons. The first-order valence-corrected chi connectivity index (χ1v) is 19.5. The Balaban J connectivity index is 0.000000207. The number of nitrogens with zero attached hydrogens (tertiary/aromatic N) is 6. The third-order valence-corrected chi connectivity index (χ3v) is 9.42. The molecule has 22 heteroatoms. The molecule has 18 nitrogen and oxygen atoms in total. The molecule has 0 bridgehead atoms. The van der Waals surface area contributed by atoms with Crippen LogP contribution in [0.4, 0.5) is 30.2 Å². The van der Waals surface area contributed by atoms with Crippen molar-refractivity contribution < 1.29 is 76.5 Å². The van der Waals surface area contributed by atoms with Crippen molar-refractivity contribution in [3.8, 4) is 0 Å². The maximum Gasteiger partial charge on any atom is 1.00 e. The molecule has 7 N–H and O–H groups in total. The van der Waals surface area contributed by atoms with E-state index in [1.54, 1.807) is 75.9 Å². The molecule has 0 aliphatic rings. The van der Waals surface area contributed by atoms with Crippen LogP contribution in [0.5, 0.6) is 0 Å². The monoisotopic (exact) mass is 935 g/mol. The SMILES string of the molecule is CC(=O)c1ccc(F)c(N)c1.CC(=O)c1ccc(F)c(NC(=O)c2cnc3ccccn23)c1.O=C(O)c1ccc(F)c(NC(=O)c2cnc3ccccn23)c1.O=C(O)c1cnc2ccccn12.[Li+].[OH-]. The number of rotatable bonds is 8. The van der Waals surface area contributed by atoms with Crippen molar-refractivity contribution in [2.75, 3.05) is 16.4 Å². The number of halogens is 3. The average molecular weight is 936 g/mol. The van der Waals surface area contributed by atoms with Crippen molar-refractivity contribution in [1.29, 1.82) is 0 Å². The van der Waals surface area contributed by atoms with Crippen LogP contribution in [-0.4, -0.2) is 79.2 Å². The van der Waals surface area contributed by atoms with Gasteiger partial charge in [-0.3, -0.25) is 32.4 Å². The zero-order valence-electron chi connectivity index (χ0n) is 36.5. The fourth-order valence-corrected chi connectivity index (χ4v) is 6.02. The number of amides is 2. The summed E-state index contributed by atoms with van der Waals surface area (Å²) in [5, 5.41) is 22.5. The minimum absolute atomic E-state index is 0. The molecule has 69 heavy (non-hydrogen) atoms. The standard InChI is InChI=1S/C16H12FN3O2.C15H10FN3O3.C8H8FNO.C8H6N2O2.Li.H2O/c1-10(21)11-5-6-12(17)13(8-11)19-16(22)14-9-18-15-4-2-3-7-20(14)15;16-10-5-4-9(15(21)22)7-11(10)18-14(20)12-8-17-13-3-1-2-6-19(12)13;1-5(11)6-2-3-7(9)8(10)4-6;11-8(12)6-5-9-7-3-1-2-4-10(6)7;;/h2-9H,1H3,(H,19,22);1-8H,(H,18,20)(H,21,22);2-4H,10H2,1H3;1-5H,(H,11,12);;1H2/q;;;;+1;/p-1. The van der Waals surface area contributed by atoms with Crippen molar-refractivity contribution >= 4 is 69.3 Å². The molecule has 3 aromatic carbocycles. The van der Waals surface area contributed by atoms with Crippen molar-refractivity contribution in [2.24, 2.45) is 0 Å². The van der Waals surface area contributed by atoms with E-state index >= 15 is 0 Å². The van der Waals surface area contributed by atoms with Gasteiger partial charge in [-0.05, 0) is 105 Å². The van der Waals surface area contributed by atoms with E-state index in [4.69, 9.17) is 15.9 Å². The van der Waals surface area contributed by atoms with Crippen molar-refractivity contribution in [1.82, 2.24) is 28.2 Å². The maximum absolute atomic E-state index is 13.8. The molecule has 0 aliphatic carbocycles. The van der Waals surface area contributed by atoms with Gasteiger partial charge in [0.25, 0.3) is 11.8 Å². The number of hydrogen-bond acceptors (Lipinski definition) is 11. The van der Waals surface area contributed by atoms with Crippen LogP contribution in [0, 0.1) is 17.5 Å². The van der Waals surface area contributed by atoms with E-state index < -0.39 is 41.2 Å². The Morgan fingerprint density at radius 3 is 1.26 bits per heavy atom. The molecule has 346 valence electrons. The van der Waals surface area contributed by atoms with E-state index in [0.717, 1.165) is 24.3 Å². The Hall–Kier alpha value is -8.90. The second-order valence-corrected chi connectivity index (χ2v) is 14.0. The molecule has 0 unspecified atom stereocenters. The quantitative estimate of drug-likeness (QED) is 0.0778. The van der Waals surface area contributed by atoms with E-state index in [-0.39, 0.29) is 75.6 Å². The summed E-state index contributed by atoms with van der Waals surface area (Å²) in [7, 11) is 0. The summed E-state index contributed by atoms with van der Waals surface area (Å²) < 4.78 is 44.7. The van der Waals surface area contributed by atoms with E-state index in [9.17, 15) is 41.9 Å². The smallest absolute Gasteiger partial charge is 0.870 e. The number of hydrogen-bond donors (Lipinski definition) is 5. The third-order valence-electron chi connectivity index (χ3n) is 9.42. The number of anilines is 3. The number of nitrogen functional groups attached to an aromatic ring is 1. The number of carbonyl (C=O) groups is 6. The minimum Gasteiger partial charge on any atom is -0.870 e. The Kier molecular flexibility index (Phi) is 18.0. The molecule has 6 heterocycles. The molecule has 9 aromatic rings. The van der Waals surface area contributed by atoms with Gasteiger partial charge in [-0.2, -0.15) is 0 Å². The molecular weight excluding hydrogens is 899 g/mol. The molecular formula is C47H37F3LiN9O9. The van der Waals surface area contributed by atoms with E-state index in [0.29, 0.717) is 28.1 Å². The molecule has 9 rings (SSSR count). The molecule has 0 spiro atoms. The van der Waals surface area contributed by atoms with Gasteiger partial charge in [0.2, 0.25) is 0 Å². The van der Waals surface area contributed by atoms with Gasteiger partial charge in [-0.15, -0.1) is 0 Å². The van der Waals surface area contributed by atoms with Gasteiger partial charge in [-0.1, -0.05) is 18.2 Å². The Labute approximate surface area is 400 Å². The predicted molar refractivity (Wildman–Crippen MR) is 241 cm³/mol. The molecule has 0 aliphatic heterocycles. The first-order valence-electron chi connectivity index (χ1n) is 19.5. The van der Waals surface area contributed by atoms with E-state index in [1.807, 2.05) is 6.07 Å². The van der Waals surface area contributed by atoms with Gasteiger partial charge >= 0.3 is 30.8 Å². The number of aromatic carboxylic acids is 2. The summed E-state index contributed by atoms with van der Waals surface area (Å²) in [5.74, 6) is -5.38. The molecule has 0 saturated heterocycles. The normalized spacial score (nSPS) is 10.1. The summed E-state index contributed by atoms with van der Waals surface area (Å²) >= 11 is 0. The summed E-state index contributed by atoms with van der Waals surface area (Å²) in [6, 6.07) is 26.9. The number of carbonyl (C=O) groups excluding carboxylic acids is 4. The Morgan fingerprint density at radius 1 is 0.507 bits per heavy atom. The number of benzene rings is 3. The van der Waals surface area contributed by atoms with Crippen LogP contribution in [0.15, 0.2) is 146 Å². The van der Waals surface area contributed by atoms with E-state index in [1.165, 1.54) is 67.2 Å². The number of pyridine rings is 3. The fourth-order valence-electron chi connectivity index (χ4n) is 6.02. The van der Waals surface area contributed by atoms with Crippen LogP contribution < -0.4 is 35.2 Å². The number of nitrogens with one attached hydrogen (secondary N) is 2. The van der Waals surface area contributed by atoms with Crippen molar-refractivity contribution in [3.63, 3.8) is 0 Å². The van der Waals surface area contributed by atoms with Gasteiger partial charge < -0.3 is 32.1 Å². The molecule has 2 amide bonds. The topological polar surface area (TPSA) is 275 Å². The van der Waals surface area contributed by atoms with Crippen molar-refractivity contribution in [3.05, 3.63) is 198 Å². The van der Waals surface area contributed by atoms with Gasteiger partial charge in [-0.25, -0.2) is 37.7 Å². The summed E-state index contributed by atoms with van der Waals surface area (Å²) in [6.07, 6.45) is 9.14. The van der Waals surface area contributed by atoms with E-state index in [2.05, 4.69) is 25.6 Å². The second-order valence-electron chi connectivity index (χ2n) is 14.0. The largest absolute Gasteiger partial charge is 1.00 e. The number of nitrogens with two attached hydrogens (primary N) is 1. The van der Waals surface area contributed by atoms with Crippen LogP contribution in [0.2, 0.25) is 0 Å². The van der Waals surface area contributed by atoms with Crippen LogP contribution in [0.3, 0.4) is 0 Å². The first kappa shape index (κ1) is 52.7. The summed E-state index contributed by atoms with van der Waals surface area (Å²) in [6.45, 7) is 2.79. The van der Waals surface area contributed by atoms with Crippen LogP contribution in [-0.2, 0) is 0 Å². The molecule has 6 aromatic heterocycles. The number of Topliss-reactive ketones (excluding diaryl/α,β-unsaturated/α-hetero) is 2. The minimum atomic E-state index is -1.20. The Morgan fingerprint density at radius 2 is 0.870 bits per heavy atom. The van der Waals surface area contributed by atoms with Gasteiger partial charge in [0.1, 0.15) is 45.8 Å². The Bertz CT molecular complexity index is 3210. The van der Waals surface area contributed by atoms with Gasteiger partial charge in [0, 0.05) is 29.7 Å². The fraction of sp³-hybridized carbons (Fsp3) is 0.0426. The third kappa shape index (κ3) is 12.9. The first-order chi connectivity index (χ1) is 32.0. The number of carboxylic acid groups (broad SMARTS) is 2. The number of ketones is 2. The number of carboxylic acids is 2. The average Bonchev–Trinajstić information content (AvgIpc) is 4.07. The predicted octanol–water partition coefficient (Wildman–Crippen LogP) is 4.82. The number of fused-ring (bicyclic) bond motifs is 3. The molecule has 0 atom stereocenters. The van der Waals surface area contributed by atoms with Crippen LogP contribution >= 0.6 is 0 Å². The molecule has 0 fully saturated rings. The number of aromatic nitrogens is 6. The summed E-state index contributed by atoms with van der Waals surface area (Å²) in [4.78, 5) is 80.2. The van der Waals surface area contributed by atoms with Crippen LogP contribution in [0.1, 0.15) is 76.4 Å². The van der Waals surface area contributed by atoms with Gasteiger partial charge in [0.05, 0.1) is 41.2 Å². The molecule has 0 saturated carbocycles. The summed E-state index contributed by atoms with van der Waals surface area (Å²) in [5.41, 5.74) is 8.18. The zero-order valence-corrected chi connectivity index (χ0v) is 36.5. The van der Waals surface area contributed by atoms with Gasteiger partial charge in [0.15, 0.2) is 17.3 Å².